The number of nitriles is 1. The molecule has 2 aliphatic rings. The van der Waals surface area contributed by atoms with Gasteiger partial charge in [0.25, 0.3) is 0 Å². The molecular weight excluding hydrogens is 224 g/mol. The summed E-state index contributed by atoms with van der Waals surface area (Å²) in [6.45, 7) is 1.07. The minimum atomic E-state index is -0.387. The standard InChI is InChI=1S/C15H18N2O/c1-17-14(15(8-16)9-18-10-15)13-6-5-11-3-2-4-12(11)7-13/h5-7,14,17H,2-4,9-10H2,1H3. The third-order valence-electron chi connectivity index (χ3n) is 4.24. The van der Waals surface area contributed by atoms with Crippen molar-refractivity contribution in [3.05, 3.63) is 34.9 Å². The van der Waals surface area contributed by atoms with Gasteiger partial charge < -0.3 is 10.1 Å². The molecule has 0 spiro atoms. The van der Waals surface area contributed by atoms with Gasteiger partial charge in [-0.3, -0.25) is 0 Å². The Kier molecular flexibility index (Phi) is 2.85. The summed E-state index contributed by atoms with van der Waals surface area (Å²) in [6.07, 6.45) is 3.64. The predicted molar refractivity (Wildman–Crippen MR) is 69.1 cm³/mol. The molecule has 0 aromatic heterocycles. The van der Waals surface area contributed by atoms with Gasteiger partial charge in [-0.15, -0.1) is 0 Å². The summed E-state index contributed by atoms with van der Waals surface area (Å²) >= 11 is 0. The summed E-state index contributed by atoms with van der Waals surface area (Å²) in [5, 5.41) is 12.7. The van der Waals surface area contributed by atoms with E-state index in [4.69, 9.17) is 4.74 Å². The van der Waals surface area contributed by atoms with Crippen LogP contribution >= 0.6 is 0 Å². The highest BCUT2D eigenvalue weighted by molar-refractivity contribution is 5.38. The lowest BCUT2D eigenvalue weighted by atomic mass is 9.76. The van der Waals surface area contributed by atoms with E-state index < -0.39 is 0 Å². The van der Waals surface area contributed by atoms with Crippen LogP contribution in [0.5, 0.6) is 0 Å². The number of benzene rings is 1. The van der Waals surface area contributed by atoms with E-state index in [1.165, 1.54) is 36.0 Å². The first-order valence-electron chi connectivity index (χ1n) is 6.57. The summed E-state index contributed by atoms with van der Waals surface area (Å²) < 4.78 is 5.26. The molecule has 0 bridgehead atoms. The number of nitrogens with one attached hydrogen (secondary N) is 1. The van der Waals surface area contributed by atoms with Crippen molar-refractivity contribution in [3.63, 3.8) is 0 Å². The number of hydrogen-bond donors (Lipinski definition) is 1. The molecule has 3 nitrogen and oxygen atoms in total. The van der Waals surface area contributed by atoms with Crippen LogP contribution < -0.4 is 5.32 Å². The normalized spacial score (nSPS) is 21.8. The van der Waals surface area contributed by atoms with Gasteiger partial charge in [0.1, 0.15) is 5.41 Å². The number of fused-ring (bicyclic) bond motifs is 1. The fourth-order valence-electron chi connectivity index (χ4n) is 3.15. The molecular formula is C15H18N2O. The maximum Gasteiger partial charge on any atom is 0.123 e. The topological polar surface area (TPSA) is 45.0 Å². The molecule has 3 rings (SSSR count). The Hall–Kier alpha value is -1.37. The molecule has 1 aliphatic carbocycles. The molecule has 1 N–H and O–H groups in total. The Morgan fingerprint density at radius 3 is 2.72 bits per heavy atom. The summed E-state index contributed by atoms with van der Waals surface area (Å²) in [5.41, 5.74) is 3.77. The molecule has 0 amide bonds. The van der Waals surface area contributed by atoms with E-state index in [2.05, 4.69) is 29.6 Å². The minimum absolute atomic E-state index is 0.0714. The number of hydrogen-bond acceptors (Lipinski definition) is 3. The summed E-state index contributed by atoms with van der Waals surface area (Å²) in [7, 11) is 1.93. The molecule has 3 heteroatoms. The zero-order valence-electron chi connectivity index (χ0n) is 10.7. The Balaban J connectivity index is 1.95. The first-order valence-corrected chi connectivity index (χ1v) is 6.57. The highest BCUT2D eigenvalue weighted by Gasteiger charge is 2.46. The van der Waals surface area contributed by atoms with Crippen molar-refractivity contribution in [3.8, 4) is 6.07 Å². The molecule has 1 heterocycles. The second kappa shape index (κ2) is 4.38. The van der Waals surface area contributed by atoms with E-state index in [-0.39, 0.29) is 11.5 Å². The smallest absolute Gasteiger partial charge is 0.123 e. The second-order valence-electron chi connectivity index (χ2n) is 5.36. The van der Waals surface area contributed by atoms with Gasteiger partial charge in [-0.1, -0.05) is 18.2 Å². The van der Waals surface area contributed by atoms with Gasteiger partial charge in [-0.05, 0) is 43.0 Å². The molecule has 1 aliphatic heterocycles. The molecule has 0 saturated carbocycles. The van der Waals surface area contributed by atoms with Gasteiger partial charge in [0, 0.05) is 0 Å². The molecule has 1 atom stereocenters. The van der Waals surface area contributed by atoms with Crippen molar-refractivity contribution < 1.29 is 4.74 Å². The Morgan fingerprint density at radius 2 is 2.11 bits per heavy atom. The molecule has 1 aromatic rings. The van der Waals surface area contributed by atoms with E-state index >= 15 is 0 Å². The quantitative estimate of drug-likeness (QED) is 0.881. The zero-order chi connectivity index (χ0) is 12.6. The van der Waals surface area contributed by atoms with E-state index in [0.717, 1.165) is 0 Å². The minimum Gasteiger partial charge on any atom is -0.378 e. The number of aryl methyl sites for hydroxylation is 2. The molecule has 18 heavy (non-hydrogen) atoms. The van der Waals surface area contributed by atoms with Crippen LogP contribution in [0.15, 0.2) is 18.2 Å². The van der Waals surface area contributed by atoms with Gasteiger partial charge in [-0.25, -0.2) is 0 Å². The number of rotatable bonds is 3. The Morgan fingerprint density at radius 1 is 1.33 bits per heavy atom. The van der Waals surface area contributed by atoms with Crippen molar-refractivity contribution in [2.24, 2.45) is 5.41 Å². The zero-order valence-corrected chi connectivity index (χ0v) is 10.7. The third-order valence-corrected chi connectivity index (χ3v) is 4.24. The molecule has 1 aromatic carbocycles. The molecule has 1 fully saturated rings. The van der Waals surface area contributed by atoms with Crippen molar-refractivity contribution >= 4 is 0 Å². The van der Waals surface area contributed by atoms with E-state index in [0.29, 0.717) is 13.2 Å². The van der Waals surface area contributed by atoms with Crippen LogP contribution in [0.4, 0.5) is 0 Å². The van der Waals surface area contributed by atoms with Gasteiger partial charge in [-0.2, -0.15) is 5.26 Å². The van der Waals surface area contributed by atoms with Gasteiger partial charge >= 0.3 is 0 Å². The van der Waals surface area contributed by atoms with E-state index in [1.807, 2.05) is 7.05 Å². The average molecular weight is 242 g/mol. The molecule has 1 unspecified atom stereocenters. The molecule has 1 saturated heterocycles. The lowest BCUT2D eigenvalue weighted by Gasteiger charge is -2.41. The lowest BCUT2D eigenvalue weighted by Crippen LogP contribution is -2.50. The highest BCUT2D eigenvalue weighted by atomic mass is 16.5. The average Bonchev–Trinajstić information content (AvgIpc) is 2.80. The second-order valence-corrected chi connectivity index (χ2v) is 5.36. The van der Waals surface area contributed by atoms with Crippen molar-refractivity contribution in [2.45, 2.75) is 25.3 Å². The van der Waals surface area contributed by atoms with E-state index in [1.54, 1.807) is 0 Å². The maximum absolute atomic E-state index is 9.42. The first-order chi connectivity index (χ1) is 8.79. The van der Waals surface area contributed by atoms with Crippen LogP contribution in [0.25, 0.3) is 0 Å². The lowest BCUT2D eigenvalue weighted by molar-refractivity contribution is -0.0963. The van der Waals surface area contributed by atoms with Crippen molar-refractivity contribution in [2.75, 3.05) is 20.3 Å². The van der Waals surface area contributed by atoms with Crippen LogP contribution in [-0.2, 0) is 17.6 Å². The van der Waals surface area contributed by atoms with Crippen LogP contribution in [-0.4, -0.2) is 20.3 Å². The fourth-order valence-corrected chi connectivity index (χ4v) is 3.15. The van der Waals surface area contributed by atoms with Gasteiger partial charge in [0.05, 0.1) is 25.3 Å². The number of nitrogens with zero attached hydrogens (tertiary/aromatic N) is 1. The Bertz CT molecular complexity index is 500. The molecule has 94 valence electrons. The monoisotopic (exact) mass is 242 g/mol. The predicted octanol–water partition coefficient (Wildman–Crippen LogP) is 1.98. The summed E-state index contributed by atoms with van der Waals surface area (Å²) in [4.78, 5) is 0. The largest absolute Gasteiger partial charge is 0.378 e. The highest BCUT2D eigenvalue weighted by Crippen LogP contribution is 2.40. The fraction of sp³-hybridized carbons (Fsp3) is 0.533. The van der Waals surface area contributed by atoms with Crippen molar-refractivity contribution in [1.82, 2.24) is 5.32 Å². The Labute approximate surface area is 108 Å². The van der Waals surface area contributed by atoms with Gasteiger partial charge in [0.15, 0.2) is 0 Å². The van der Waals surface area contributed by atoms with Crippen molar-refractivity contribution in [1.29, 1.82) is 5.26 Å². The first kappa shape index (κ1) is 11.7. The third kappa shape index (κ3) is 1.65. The number of ether oxygens (including phenoxy) is 1. The maximum atomic E-state index is 9.42. The summed E-state index contributed by atoms with van der Waals surface area (Å²) in [6, 6.07) is 9.19. The van der Waals surface area contributed by atoms with Crippen LogP contribution in [0, 0.1) is 16.7 Å². The van der Waals surface area contributed by atoms with Gasteiger partial charge in [0.2, 0.25) is 0 Å². The van der Waals surface area contributed by atoms with Crippen LogP contribution in [0.3, 0.4) is 0 Å². The van der Waals surface area contributed by atoms with Crippen LogP contribution in [0.2, 0.25) is 0 Å². The summed E-state index contributed by atoms with van der Waals surface area (Å²) in [5.74, 6) is 0. The SMILES string of the molecule is CNC(c1ccc2c(c1)CCC2)C1(C#N)COC1. The van der Waals surface area contributed by atoms with E-state index in [9.17, 15) is 5.26 Å². The molecule has 0 radical (unpaired) electrons. The van der Waals surface area contributed by atoms with Crippen LogP contribution in [0.1, 0.15) is 29.2 Å².